The summed E-state index contributed by atoms with van der Waals surface area (Å²) in [5, 5.41) is 10.3. The molecule has 8 heteroatoms. The molecule has 0 radical (unpaired) electrons. The highest BCUT2D eigenvalue weighted by Gasteiger charge is 2.14. The molecule has 27 heavy (non-hydrogen) atoms. The van der Waals surface area contributed by atoms with Crippen LogP contribution in [0.4, 0.5) is 0 Å². The Bertz CT molecular complexity index is 1210. The zero-order valence-corrected chi connectivity index (χ0v) is 14.8. The number of aromatic hydroxyl groups is 1. The Morgan fingerprint density at radius 2 is 1.93 bits per heavy atom. The third kappa shape index (κ3) is 3.52. The van der Waals surface area contributed by atoms with Gasteiger partial charge in [-0.1, -0.05) is 23.9 Å². The van der Waals surface area contributed by atoms with Crippen LogP contribution < -0.4 is 11.0 Å². The first kappa shape index (κ1) is 17.2. The molecule has 1 N–H and O–H groups in total. The van der Waals surface area contributed by atoms with Gasteiger partial charge in [0.05, 0.1) is 29.5 Å². The Balaban J connectivity index is 1.74. The maximum atomic E-state index is 12.9. The van der Waals surface area contributed by atoms with Crippen molar-refractivity contribution in [3.05, 3.63) is 87.1 Å². The fraction of sp³-hybridized carbons (Fsp3) is 0.105. The molecule has 0 aliphatic rings. The summed E-state index contributed by atoms with van der Waals surface area (Å²) in [6.45, 7) is 0.242. The van der Waals surface area contributed by atoms with E-state index in [1.165, 1.54) is 22.4 Å². The molecule has 7 nitrogen and oxygen atoms in total. The molecule has 1 aromatic carbocycles. The standard InChI is InChI=1S/C19H14N2O5S/c22-16-8-13(26-10-17(16)23)11-27-19-20-15-6-2-1-5-14(15)18(24)21(19)9-12-4-3-7-25-12/h1-8,10,23H,9,11H2. The monoisotopic (exact) mass is 382 g/mol. The van der Waals surface area contributed by atoms with Gasteiger partial charge in [0.2, 0.25) is 5.43 Å². The lowest BCUT2D eigenvalue weighted by Crippen LogP contribution is -2.23. The first-order valence-electron chi connectivity index (χ1n) is 8.07. The van der Waals surface area contributed by atoms with Crippen LogP contribution in [0.2, 0.25) is 0 Å². The van der Waals surface area contributed by atoms with E-state index in [2.05, 4.69) is 4.98 Å². The van der Waals surface area contributed by atoms with Crippen molar-refractivity contribution < 1.29 is 13.9 Å². The van der Waals surface area contributed by atoms with Gasteiger partial charge in [0, 0.05) is 6.07 Å². The predicted molar refractivity (Wildman–Crippen MR) is 100 cm³/mol. The van der Waals surface area contributed by atoms with Crippen molar-refractivity contribution in [1.29, 1.82) is 0 Å². The van der Waals surface area contributed by atoms with Crippen LogP contribution in [0.3, 0.4) is 0 Å². The fourth-order valence-corrected chi connectivity index (χ4v) is 3.50. The third-order valence-corrected chi connectivity index (χ3v) is 4.93. The average Bonchev–Trinajstić information content (AvgIpc) is 3.18. The van der Waals surface area contributed by atoms with E-state index in [-0.39, 0.29) is 17.9 Å². The summed E-state index contributed by atoms with van der Waals surface area (Å²) in [4.78, 5) is 29.1. The summed E-state index contributed by atoms with van der Waals surface area (Å²) in [5.74, 6) is 0.836. The highest BCUT2D eigenvalue weighted by atomic mass is 32.2. The van der Waals surface area contributed by atoms with Crippen molar-refractivity contribution in [2.45, 2.75) is 17.5 Å². The van der Waals surface area contributed by atoms with Crippen LogP contribution in [-0.4, -0.2) is 14.7 Å². The van der Waals surface area contributed by atoms with Crippen molar-refractivity contribution in [2.75, 3.05) is 0 Å². The number of hydrogen-bond donors (Lipinski definition) is 1. The zero-order valence-electron chi connectivity index (χ0n) is 14.0. The number of hydrogen-bond acceptors (Lipinski definition) is 7. The van der Waals surface area contributed by atoms with Gasteiger partial charge in [-0.15, -0.1) is 0 Å². The lowest BCUT2D eigenvalue weighted by atomic mass is 10.2. The maximum absolute atomic E-state index is 12.9. The second-order valence-electron chi connectivity index (χ2n) is 5.77. The summed E-state index contributed by atoms with van der Waals surface area (Å²) in [5.41, 5.74) is -0.101. The number of para-hydroxylation sites is 1. The smallest absolute Gasteiger partial charge is 0.262 e. The minimum Gasteiger partial charge on any atom is -0.502 e. The van der Waals surface area contributed by atoms with E-state index in [1.807, 2.05) is 6.07 Å². The van der Waals surface area contributed by atoms with E-state index in [4.69, 9.17) is 8.83 Å². The van der Waals surface area contributed by atoms with Crippen LogP contribution in [0.1, 0.15) is 11.5 Å². The average molecular weight is 382 g/mol. The molecule has 0 atom stereocenters. The lowest BCUT2D eigenvalue weighted by Gasteiger charge is -2.12. The normalized spacial score (nSPS) is 11.1. The number of aromatic nitrogens is 2. The van der Waals surface area contributed by atoms with Crippen LogP contribution in [-0.2, 0) is 12.3 Å². The number of rotatable bonds is 5. The highest BCUT2D eigenvalue weighted by molar-refractivity contribution is 7.98. The molecular weight excluding hydrogens is 368 g/mol. The first-order valence-corrected chi connectivity index (χ1v) is 9.06. The molecule has 0 amide bonds. The minimum absolute atomic E-state index is 0.174. The number of fused-ring (bicyclic) bond motifs is 1. The van der Waals surface area contributed by atoms with Crippen LogP contribution in [0.5, 0.6) is 5.75 Å². The molecule has 0 aliphatic heterocycles. The van der Waals surface area contributed by atoms with Gasteiger partial charge in [0.15, 0.2) is 10.9 Å². The third-order valence-electron chi connectivity index (χ3n) is 3.93. The van der Waals surface area contributed by atoms with E-state index in [0.717, 1.165) is 6.26 Å². The van der Waals surface area contributed by atoms with E-state index < -0.39 is 11.2 Å². The number of benzene rings is 1. The van der Waals surface area contributed by atoms with E-state index in [9.17, 15) is 14.7 Å². The maximum Gasteiger partial charge on any atom is 0.262 e. The molecule has 0 fully saturated rings. The molecule has 0 aliphatic carbocycles. The molecule has 0 saturated heterocycles. The molecule has 0 spiro atoms. The van der Waals surface area contributed by atoms with Crippen molar-refractivity contribution in [3.63, 3.8) is 0 Å². The molecule has 136 valence electrons. The largest absolute Gasteiger partial charge is 0.502 e. The van der Waals surface area contributed by atoms with Gasteiger partial charge in [-0.2, -0.15) is 0 Å². The number of furan rings is 1. The van der Waals surface area contributed by atoms with Gasteiger partial charge in [-0.05, 0) is 24.3 Å². The summed E-state index contributed by atoms with van der Waals surface area (Å²) >= 11 is 1.26. The SMILES string of the molecule is O=c1cc(CSc2nc3ccccc3c(=O)n2Cc2ccco2)occ1O. The Kier molecular flexibility index (Phi) is 4.55. The van der Waals surface area contributed by atoms with Gasteiger partial charge < -0.3 is 13.9 Å². The van der Waals surface area contributed by atoms with Gasteiger partial charge in [-0.25, -0.2) is 4.98 Å². The van der Waals surface area contributed by atoms with Crippen LogP contribution >= 0.6 is 11.8 Å². The zero-order chi connectivity index (χ0) is 18.8. The summed E-state index contributed by atoms with van der Waals surface area (Å²) in [6.07, 6.45) is 2.55. The van der Waals surface area contributed by atoms with Gasteiger partial charge >= 0.3 is 0 Å². The molecule has 0 bridgehead atoms. The molecule has 0 saturated carbocycles. The summed E-state index contributed by atoms with van der Waals surface area (Å²) in [7, 11) is 0. The van der Waals surface area contributed by atoms with Crippen molar-refractivity contribution in [3.8, 4) is 5.75 Å². The molecule has 4 aromatic rings. The summed E-state index contributed by atoms with van der Waals surface area (Å²) in [6, 6.07) is 11.9. The number of nitrogens with zero attached hydrogens (tertiary/aromatic N) is 2. The Labute approximate surface area is 156 Å². The van der Waals surface area contributed by atoms with Crippen LogP contribution in [0, 0.1) is 0 Å². The second kappa shape index (κ2) is 7.16. The predicted octanol–water partition coefficient (Wildman–Crippen LogP) is 2.99. The molecule has 0 unspecified atom stereocenters. The number of thioether (sulfide) groups is 1. The molecule has 3 heterocycles. The Hall–Kier alpha value is -3.26. The van der Waals surface area contributed by atoms with Crippen LogP contribution in [0.15, 0.2) is 78.6 Å². The quantitative estimate of drug-likeness (QED) is 0.418. The first-order chi connectivity index (χ1) is 13.1. The van der Waals surface area contributed by atoms with Crippen molar-refractivity contribution in [2.24, 2.45) is 0 Å². The van der Waals surface area contributed by atoms with Crippen LogP contribution in [0.25, 0.3) is 10.9 Å². The summed E-state index contributed by atoms with van der Waals surface area (Å²) < 4.78 is 12.1. The van der Waals surface area contributed by atoms with E-state index >= 15 is 0 Å². The fourth-order valence-electron chi connectivity index (χ4n) is 2.61. The Morgan fingerprint density at radius 1 is 1.07 bits per heavy atom. The lowest BCUT2D eigenvalue weighted by molar-refractivity contribution is 0.419. The van der Waals surface area contributed by atoms with Gasteiger partial charge in [0.1, 0.15) is 17.8 Å². The highest BCUT2D eigenvalue weighted by Crippen LogP contribution is 2.23. The van der Waals surface area contributed by atoms with Gasteiger partial charge in [-0.3, -0.25) is 14.2 Å². The second-order valence-corrected chi connectivity index (χ2v) is 6.71. The van der Waals surface area contributed by atoms with E-state index in [1.54, 1.807) is 36.6 Å². The van der Waals surface area contributed by atoms with Crippen molar-refractivity contribution >= 4 is 22.7 Å². The molecular formula is C19H14N2O5S. The molecule has 4 rings (SSSR count). The van der Waals surface area contributed by atoms with E-state index in [0.29, 0.717) is 27.6 Å². The van der Waals surface area contributed by atoms with Gasteiger partial charge in [0.25, 0.3) is 5.56 Å². The Morgan fingerprint density at radius 3 is 2.70 bits per heavy atom. The topological polar surface area (TPSA) is 98.5 Å². The molecule has 3 aromatic heterocycles. The van der Waals surface area contributed by atoms with Crippen molar-refractivity contribution in [1.82, 2.24) is 9.55 Å². The minimum atomic E-state index is -0.517.